The largest absolute Gasteiger partial charge is 0.348 e. The summed E-state index contributed by atoms with van der Waals surface area (Å²) >= 11 is 0. The fraction of sp³-hybridized carbons (Fsp3) is 0.222. The smallest absolute Gasteiger partial charge is 0.270 e. The van der Waals surface area contributed by atoms with Gasteiger partial charge in [0.25, 0.3) is 11.8 Å². The number of hydrogen-bond donors (Lipinski definition) is 2. The van der Waals surface area contributed by atoms with Crippen LogP contribution in [-0.2, 0) is 0 Å². The molecule has 1 aliphatic carbocycles. The molecule has 1 aliphatic rings. The third-order valence-corrected chi connectivity index (χ3v) is 3.70. The zero-order valence-electron chi connectivity index (χ0n) is 13.4. The number of anilines is 1. The fourth-order valence-electron chi connectivity index (χ4n) is 2.24. The Labute approximate surface area is 140 Å². The topological polar surface area (TPSA) is 84.0 Å². The molecule has 3 rings (SSSR count). The maximum Gasteiger partial charge on any atom is 0.270 e. The van der Waals surface area contributed by atoms with Crippen LogP contribution in [0.3, 0.4) is 0 Å². The van der Waals surface area contributed by atoms with E-state index in [2.05, 4.69) is 27.2 Å². The molecule has 1 saturated carbocycles. The highest BCUT2D eigenvalue weighted by Crippen LogP contribution is 2.22. The number of hydrogen-bond acceptors (Lipinski definition) is 4. The van der Waals surface area contributed by atoms with Gasteiger partial charge in [-0.05, 0) is 43.5 Å². The minimum Gasteiger partial charge on any atom is -0.348 e. The van der Waals surface area contributed by atoms with Crippen molar-refractivity contribution in [1.82, 2.24) is 15.3 Å². The van der Waals surface area contributed by atoms with E-state index >= 15 is 0 Å². The van der Waals surface area contributed by atoms with Gasteiger partial charge in [-0.1, -0.05) is 6.58 Å². The van der Waals surface area contributed by atoms with Gasteiger partial charge in [-0.15, -0.1) is 0 Å². The molecule has 2 aromatic heterocycles. The van der Waals surface area contributed by atoms with E-state index in [9.17, 15) is 9.59 Å². The molecule has 0 aliphatic heterocycles. The zero-order chi connectivity index (χ0) is 17.1. The summed E-state index contributed by atoms with van der Waals surface area (Å²) in [6, 6.07) is 5.09. The summed E-state index contributed by atoms with van der Waals surface area (Å²) in [6.45, 7) is 5.75. The van der Waals surface area contributed by atoms with Crippen LogP contribution in [0.1, 0.15) is 46.2 Å². The Balaban J connectivity index is 1.78. The van der Waals surface area contributed by atoms with Gasteiger partial charge in [0, 0.05) is 29.6 Å². The van der Waals surface area contributed by atoms with E-state index in [0.717, 1.165) is 24.0 Å². The van der Waals surface area contributed by atoms with E-state index in [-0.39, 0.29) is 23.6 Å². The number of pyridine rings is 2. The Morgan fingerprint density at radius 2 is 2.00 bits per heavy atom. The molecule has 2 amide bonds. The van der Waals surface area contributed by atoms with Crippen LogP contribution < -0.4 is 10.6 Å². The lowest BCUT2D eigenvalue weighted by Crippen LogP contribution is -2.26. The Hall–Kier alpha value is -3.02. The molecule has 0 atom stereocenters. The van der Waals surface area contributed by atoms with Crippen LogP contribution in [0.5, 0.6) is 0 Å². The average Bonchev–Trinajstić information content (AvgIpc) is 3.39. The summed E-state index contributed by atoms with van der Waals surface area (Å²) < 4.78 is 0. The number of carbonyl (C=O) groups is 2. The highest BCUT2D eigenvalue weighted by molar-refractivity contribution is 6.06. The second kappa shape index (κ2) is 6.62. The predicted molar refractivity (Wildman–Crippen MR) is 91.6 cm³/mol. The van der Waals surface area contributed by atoms with Gasteiger partial charge in [-0.3, -0.25) is 19.6 Å². The second-order valence-corrected chi connectivity index (χ2v) is 5.83. The molecule has 2 aromatic rings. The van der Waals surface area contributed by atoms with Crippen LogP contribution in [0.2, 0.25) is 0 Å². The summed E-state index contributed by atoms with van der Waals surface area (Å²) in [6.07, 6.45) is 6.67. The van der Waals surface area contributed by atoms with Crippen molar-refractivity contribution in [3.63, 3.8) is 0 Å². The molecular weight excluding hydrogens is 304 g/mol. The van der Waals surface area contributed by atoms with Crippen LogP contribution in [0.15, 0.2) is 43.4 Å². The van der Waals surface area contributed by atoms with E-state index < -0.39 is 0 Å². The molecule has 0 saturated heterocycles. The normalized spacial score (nSPS) is 13.2. The minimum atomic E-state index is -0.326. The standard InChI is InChI=1S/C18H18N4O2/c1-11(2)14-6-7-19-10-16(14)22-17(23)12-5-8-20-15(9-12)18(24)21-13-3-4-13/h5-10,13H,1,3-4H2,2H3,(H,21,24)(H,22,23). The third kappa shape index (κ3) is 3.65. The lowest BCUT2D eigenvalue weighted by atomic mass is 10.1. The number of aromatic nitrogens is 2. The Bertz CT molecular complexity index is 812. The maximum absolute atomic E-state index is 12.5. The molecule has 0 bridgehead atoms. The van der Waals surface area contributed by atoms with Crippen LogP contribution in [-0.4, -0.2) is 27.8 Å². The molecule has 122 valence electrons. The molecule has 1 fully saturated rings. The van der Waals surface area contributed by atoms with Crippen molar-refractivity contribution in [2.75, 3.05) is 5.32 Å². The monoisotopic (exact) mass is 322 g/mol. The molecule has 2 heterocycles. The van der Waals surface area contributed by atoms with Crippen LogP contribution in [0, 0.1) is 0 Å². The second-order valence-electron chi connectivity index (χ2n) is 5.83. The van der Waals surface area contributed by atoms with Gasteiger partial charge >= 0.3 is 0 Å². The first kappa shape index (κ1) is 15.9. The SMILES string of the molecule is C=C(C)c1ccncc1NC(=O)c1ccnc(C(=O)NC2CC2)c1. The Kier molecular flexibility index (Phi) is 4.37. The van der Waals surface area contributed by atoms with Crippen molar-refractivity contribution >= 4 is 23.1 Å². The van der Waals surface area contributed by atoms with Gasteiger partial charge in [0.15, 0.2) is 0 Å². The third-order valence-electron chi connectivity index (χ3n) is 3.70. The molecule has 0 unspecified atom stereocenters. The summed E-state index contributed by atoms with van der Waals surface area (Å²) in [7, 11) is 0. The molecule has 6 nitrogen and oxygen atoms in total. The van der Waals surface area contributed by atoms with E-state index in [1.165, 1.54) is 12.3 Å². The first-order chi connectivity index (χ1) is 11.5. The van der Waals surface area contributed by atoms with Crippen LogP contribution in [0.4, 0.5) is 5.69 Å². The van der Waals surface area contributed by atoms with Gasteiger partial charge in [0.2, 0.25) is 0 Å². The van der Waals surface area contributed by atoms with E-state index in [1.807, 2.05) is 6.92 Å². The predicted octanol–water partition coefficient (Wildman–Crippen LogP) is 2.65. The lowest BCUT2D eigenvalue weighted by Gasteiger charge is -2.10. The summed E-state index contributed by atoms with van der Waals surface area (Å²) in [5.41, 5.74) is 2.82. The summed E-state index contributed by atoms with van der Waals surface area (Å²) in [4.78, 5) is 32.6. The summed E-state index contributed by atoms with van der Waals surface area (Å²) in [5.74, 6) is -0.579. The van der Waals surface area contributed by atoms with E-state index in [0.29, 0.717) is 11.3 Å². The van der Waals surface area contributed by atoms with Crippen LogP contribution >= 0.6 is 0 Å². The Morgan fingerprint density at radius 3 is 2.71 bits per heavy atom. The minimum absolute atomic E-state index is 0.237. The average molecular weight is 322 g/mol. The fourth-order valence-corrected chi connectivity index (χ4v) is 2.24. The number of rotatable bonds is 5. The van der Waals surface area contributed by atoms with Gasteiger partial charge in [-0.25, -0.2) is 0 Å². The molecule has 0 radical (unpaired) electrons. The summed E-state index contributed by atoms with van der Waals surface area (Å²) in [5, 5.41) is 5.66. The number of amides is 2. The molecule has 24 heavy (non-hydrogen) atoms. The van der Waals surface area contributed by atoms with Crippen molar-refractivity contribution in [3.8, 4) is 0 Å². The van der Waals surface area contributed by atoms with E-state index in [1.54, 1.807) is 24.5 Å². The number of nitrogens with zero attached hydrogens (tertiary/aromatic N) is 2. The lowest BCUT2D eigenvalue weighted by molar-refractivity contribution is 0.0946. The number of carbonyl (C=O) groups excluding carboxylic acids is 2. The Morgan fingerprint density at radius 1 is 1.21 bits per heavy atom. The molecule has 0 spiro atoms. The van der Waals surface area contributed by atoms with Crippen molar-refractivity contribution in [2.24, 2.45) is 0 Å². The van der Waals surface area contributed by atoms with Crippen molar-refractivity contribution in [3.05, 3.63) is 60.2 Å². The molecule has 0 aromatic carbocycles. The molecule has 6 heteroatoms. The van der Waals surface area contributed by atoms with Gasteiger partial charge in [-0.2, -0.15) is 0 Å². The van der Waals surface area contributed by atoms with Gasteiger partial charge in [0.1, 0.15) is 5.69 Å². The highest BCUT2D eigenvalue weighted by atomic mass is 16.2. The van der Waals surface area contributed by atoms with Crippen molar-refractivity contribution < 1.29 is 9.59 Å². The molecule has 2 N–H and O–H groups in total. The zero-order valence-corrected chi connectivity index (χ0v) is 13.4. The first-order valence-electron chi connectivity index (χ1n) is 7.73. The van der Waals surface area contributed by atoms with Gasteiger partial charge < -0.3 is 10.6 Å². The maximum atomic E-state index is 12.5. The number of allylic oxidation sites excluding steroid dienone is 1. The first-order valence-corrected chi connectivity index (χ1v) is 7.73. The van der Waals surface area contributed by atoms with E-state index in [4.69, 9.17) is 0 Å². The van der Waals surface area contributed by atoms with Gasteiger partial charge in [0.05, 0.1) is 11.9 Å². The number of nitrogens with one attached hydrogen (secondary N) is 2. The quantitative estimate of drug-likeness (QED) is 0.886. The highest BCUT2D eigenvalue weighted by Gasteiger charge is 2.24. The molecular formula is C18H18N4O2. The van der Waals surface area contributed by atoms with Crippen molar-refractivity contribution in [2.45, 2.75) is 25.8 Å². The van der Waals surface area contributed by atoms with Crippen molar-refractivity contribution in [1.29, 1.82) is 0 Å². The van der Waals surface area contributed by atoms with Crippen LogP contribution in [0.25, 0.3) is 5.57 Å².